The lowest BCUT2D eigenvalue weighted by Gasteiger charge is -2.25. The number of hydrogen-bond acceptors (Lipinski definition) is 4. The van der Waals surface area contributed by atoms with Crippen LogP contribution in [0.2, 0.25) is 5.02 Å². The summed E-state index contributed by atoms with van der Waals surface area (Å²) < 4.78 is 24.5. The van der Waals surface area contributed by atoms with Crippen molar-refractivity contribution in [2.75, 3.05) is 20.3 Å². The maximum absolute atomic E-state index is 13.5. The number of carbonyl (C=O) groups excluding carboxylic acids is 2. The molecular weight excluding hydrogens is 387 g/mol. The Labute approximate surface area is 166 Å². The monoisotopic (exact) mass is 404 g/mol. The first-order valence-electron chi connectivity index (χ1n) is 8.45. The average Bonchev–Trinajstić information content (AvgIpc) is 2.66. The molecule has 8 heteroatoms. The van der Waals surface area contributed by atoms with Gasteiger partial charge in [-0.3, -0.25) is 9.59 Å². The van der Waals surface area contributed by atoms with Crippen molar-refractivity contribution >= 4 is 29.5 Å². The van der Waals surface area contributed by atoms with Gasteiger partial charge in [-0.1, -0.05) is 23.7 Å². The molecule has 0 fully saturated rings. The molecule has 0 saturated heterocycles. The number of likely N-dealkylation sites (N-methyl/N-ethyl adjacent to an activating group) is 1. The third kappa shape index (κ3) is 4.26. The van der Waals surface area contributed by atoms with Gasteiger partial charge in [-0.05, 0) is 41.5 Å². The minimum absolute atomic E-state index is 0.291. The maximum atomic E-state index is 13.5. The molecule has 0 aromatic heterocycles. The quantitative estimate of drug-likeness (QED) is 0.777. The van der Waals surface area contributed by atoms with Gasteiger partial charge in [0, 0.05) is 13.1 Å². The molecular formula is C20H18ClFN2O4. The van der Waals surface area contributed by atoms with Crippen LogP contribution in [-0.4, -0.2) is 37.0 Å². The zero-order valence-electron chi connectivity index (χ0n) is 15.0. The van der Waals surface area contributed by atoms with Gasteiger partial charge in [-0.15, -0.1) is 0 Å². The standard InChI is InChI=1S/C20H18ClFN2O4/c1-24(18(20(23)26)13-3-2-4-14(22)11-13)17(25)6-5-12-9-15(21)19-16(10-12)27-7-8-28-19/h2-6,9-11,18H,7-8H2,1H3,(H2,23,26)/b6-5+. The molecule has 146 valence electrons. The molecule has 0 bridgehead atoms. The number of hydrogen-bond donors (Lipinski definition) is 1. The SMILES string of the molecule is CN(C(=O)/C=C/c1cc(Cl)c2c(c1)OCCO2)C(C(N)=O)c1cccc(F)c1. The molecule has 1 atom stereocenters. The van der Waals surface area contributed by atoms with Crippen molar-refractivity contribution in [2.45, 2.75) is 6.04 Å². The van der Waals surface area contributed by atoms with Crippen LogP contribution in [0.1, 0.15) is 17.2 Å². The molecule has 0 radical (unpaired) electrons. The fourth-order valence-corrected chi connectivity index (χ4v) is 3.17. The van der Waals surface area contributed by atoms with Crippen molar-refractivity contribution in [3.05, 3.63) is 64.4 Å². The number of halogens is 2. The Morgan fingerprint density at radius 3 is 2.71 bits per heavy atom. The second kappa shape index (κ2) is 8.31. The molecule has 2 aromatic carbocycles. The highest BCUT2D eigenvalue weighted by atomic mass is 35.5. The number of nitrogens with two attached hydrogens (primary N) is 1. The molecule has 2 amide bonds. The Kier molecular flexibility index (Phi) is 5.84. The van der Waals surface area contributed by atoms with E-state index in [1.807, 2.05) is 0 Å². The largest absolute Gasteiger partial charge is 0.486 e. The maximum Gasteiger partial charge on any atom is 0.247 e. The first-order valence-corrected chi connectivity index (χ1v) is 8.83. The fourth-order valence-electron chi connectivity index (χ4n) is 2.89. The number of fused-ring (bicyclic) bond motifs is 1. The number of ether oxygens (including phenoxy) is 2. The van der Waals surface area contributed by atoms with Gasteiger partial charge in [0.15, 0.2) is 11.5 Å². The molecule has 0 aliphatic carbocycles. The van der Waals surface area contributed by atoms with Crippen LogP contribution in [0.4, 0.5) is 4.39 Å². The van der Waals surface area contributed by atoms with Crippen LogP contribution in [0.25, 0.3) is 6.08 Å². The van der Waals surface area contributed by atoms with Gasteiger partial charge < -0.3 is 20.1 Å². The van der Waals surface area contributed by atoms with Gasteiger partial charge in [0.2, 0.25) is 11.8 Å². The molecule has 2 aromatic rings. The Hall–Kier alpha value is -3.06. The molecule has 28 heavy (non-hydrogen) atoms. The van der Waals surface area contributed by atoms with Crippen molar-refractivity contribution < 1.29 is 23.5 Å². The molecule has 2 N–H and O–H groups in total. The van der Waals surface area contributed by atoms with Crippen molar-refractivity contribution in [1.82, 2.24) is 4.90 Å². The molecule has 0 spiro atoms. The van der Waals surface area contributed by atoms with Gasteiger partial charge in [-0.25, -0.2) is 4.39 Å². The summed E-state index contributed by atoms with van der Waals surface area (Å²) in [7, 11) is 1.42. The molecule has 1 aliphatic rings. The van der Waals surface area contributed by atoms with E-state index in [-0.39, 0.29) is 0 Å². The molecule has 1 unspecified atom stereocenters. The minimum atomic E-state index is -1.10. The minimum Gasteiger partial charge on any atom is -0.486 e. The van der Waals surface area contributed by atoms with E-state index in [0.29, 0.717) is 40.9 Å². The van der Waals surface area contributed by atoms with Crippen LogP contribution in [0.5, 0.6) is 11.5 Å². The molecule has 3 rings (SSSR count). The van der Waals surface area contributed by atoms with E-state index in [1.165, 1.54) is 43.5 Å². The highest BCUT2D eigenvalue weighted by molar-refractivity contribution is 6.32. The van der Waals surface area contributed by atoms with Crippen molar-refractivity contribution in [1.29, 1.82) is 0 Å². The van der Waals surface area contributed by atoms with E-state index in [2.05, 4.69) is 0 Å². The summed E-state index contributed by atoms with van der Waals surface area (Å²) in [5, 5.41) is 0.368. The van der Waals surface area contributed by atoms with Gasteiger partial charge >= 0.3 is 0 Å². The number of primary amides is 1. The summed E-state index contributed by atoms with van der Waals surface area (Å²) in [4.78, 5) is 25.6. The smallest absolute Gasteiger partial charge is 0.247 e. The predicted molar refractivity (Wildman–Crippen MR) is 103 cm³/mol. The van der Waals surface area contributed by atoms with Gasteiger partial charge in [0.25, 0.3) is 0 Å². The fraction of sp³-hybridized carbons (Fsp3) is 0.200. The van der Waals surface area contributed by atoms with Crippen molar-refractivity contribution in [3.63, 3.8) is 0 Å². The normalized spacial score (nSPS) is 14.0. The molecule has 1 aliphatic heterocycles. The number of nitrogens with zero attached hydrogens (tertiary/aromatic N) is 1. The van der Waals surface area contributed by atoms with Crippen molar-refractivity contribution in [2.24, 2.45) is 5.73 Å². The summed E-state index contributed by atoms with van der Waals surface area (Å²) in [6, 6.07) is 7.63. The van der Waals surface area contributed by atoms with Gasteiger partial charge in [-0.2, -0.15) is 0 Å². The first kappa shape index (κ1) is 19.7. The highest BCUT2D eigenvalue weighted by Crippen LogP contribution is 2.38. The topological polar surface area (TPSA) is 81.9 Å². The van der Waals surface area contributed by atoms with Crippen LogP contribution in [0.15, 0.2) is 42.5 Å². The van der Waals surface area contributed by atoms with Crippen LogP contribution >= 0.6 is 11.6 Å². The second-order valence-electron chi connectivity index (χ2n) is 6.17. The summed E-state index contributed by atoms with van der Waals surface area (Å²) in [5.41, 5.74) is 6.35. The Morgan fingerprint density at radius 2 is 2.00 bits per heavy atom. The Balaban J connectivity index is 1.81. The lowest BCUT2D eigenvalue weighted by atomic mass is 10.0. The Bertz CT molecular complexity index is 948. The lowest BCUT2D eigenvalue weighted by Crippen LogP contribution is -2.38. The van der Waals surface area contributed by atoms with E-state index >= 15 is 0 Å². The van der Waals surface area contributed by atoms with E-state index in [9.17, 15) is 14.0 Å². The summed E-state index contributed by atoms with van der Waals surface area (Å²) in [6.07, 6.45) is 2.81. The zero-order valence-corrected chi connectivity index (χ0v) is 15.8. The zero-order chi connectivity index (χ0) is 20.3. The summed E-state index contributed by atoms with van der Waals surface area (Å²) in [5.74, 6) is -0.815. The summed E-state index contributed by atoms with van der Waals surface area (Å²) in [6.45, 7) is 0.825. The number of rotatable bonds is 5. The highest BCUT2D eigenvalue weighted by Gasteiger charge is 2.26. The van der Waals surface area contributed by atoms with E-state index in [1.54, 1.807) is 12.1 Å². The number of benzene rings is 2. The molecule has 1 heterocycles. The van der Waals surface area contributed by atoms with Gasteiger partial charge in [0.1, 0.15) is 25.1 Å². The third-order valence-electron chi connectivity index (χ3n) is 4.21. The molecule has 0 saturated carbocycles. The van der Waals surface area contributed by atoms with Crippen LogP contribution in [0.3, 0.4) is 0 Å². The van der Waals surface area contributed by atoms with Gasteiger partial charge in [0.05, 0.1) is 5.02 Å². The van der Waals surface area contributed by atoms with Crippen LogP contribution < -0.4 is 15.2 Å². The van der Waals surface area contributed by atoms with E-state index in [4.69, 9.17) is 26.8 Å². The number of carbonyl (C=O) groups is 2. The third-order valence-corrected chi connectivity index (χ3v) is 4.49. The number of amides is 2. The second-order valence-corrected chi connectivity index (χ2v) is 6.58. The van der Waals surface area contributed by atoms with E-state index < -0.39 is 23.7 Å². The first-order chi connectivity index (χ1) is 13.4. The predicted octanol–water partition coefficient (Wildman–Crippen LogP) is 2.95. The Morgan fingerprint density at radius 1 is 1.25 bits per heavy atom. The average molecular weight is 405 g/mol. The van der Waals surface area contributed by atoms with Crippen molar-refractivity contribution in [3.8, 4) is 11.5 Å². The lowest BCUT2D eigenvalue weighted by molar-refractivity contribution is -0.134. The molecule has 6 nitrogen and oxygen atoms in total. The summed E-state index contributed by atoms with van der Waals surface area (Å²) >= 11 is 6.18. The van der Waals surface area contributed by atoms with Crippen LogP contribution in [-0.2, 0) is 9.59 Å². The van der Waals surface area contributed by atoms with Crippen LogP contribution in [0, 0.1) is 5.82 Å². The van der Waals surface area contributed by atoms with E-state index in [0.717, 1.165) is 4.90 Å².